The molecule has 0 radical (unpaired) electrons. The van der Waals surface area contributed by atoms with Crippen LogP contribution in [0.5, 0.6) is 0 Å². The van der Waals surface area contributed by atoms with E-state index in [1.165, 1.54) is 57.8 Å². The van der Waals surface area contributed by atoms with Gasteiger partial charge < -0.3 is 5.11 Å². The highest BCUT2D eigenvalue weighted by Crippen LogP contribution is 2.67. The van der Waals surface area contributed by atoms with E-state index in [9.17, 15) is 5.11 Å². The van der Waals surface area contributed by atoms with Crippen molar-refractivity contribution in [2.24, 2.45) is 46.3 Å². The van der Waals surface area contributed by atoms with E-state index in [2.05, 4.69) is 46.4 Å². The number of hydrogen-bond donors (Lipinski definition) is 1. The van der Waals surface area contributed by atoms with Crippen molar-refractivity contribution in [1.29, 1.82) is 0 Å². The molecular weight excluding hydrogens is 352 g/mol. The molecule has 0 amide bonds. The molecule has 0 spiro atoms. The molecular formula is C28H46O. The molecule has 1 unspecified atom stereocenters. The fourth-order valence-electron chi connectivity index (χ4n) is 8.70. The fraction of sp³-hybridized carbons (Fsp3) is 0.857. The highest BCUT2D eigenvalue weighted by molar-refractivity contribution is 5.25. The first-order valence-electron chi connectivity index (χ1n) is 12.8. The number of allylic oxidation sites excluding steroid dienone is 2. The third-order valence-corrected chi connectivity index (χ3v) is 10.6. The van der Waals surface area contributed by atoms with Gasteiger partial charge in [0.2, 0.25) is 0 Å². The van der Waals surface area contributed by atoms with E-state index in [0.717, 1.165) is 42.4 Å². The van der Waals surface area contributed by atoms with Crippen molar-refractivity contribution in [2.75, 3.05) is 0 Å². The lowest BCUT2D eigenvalue weighted by Gasteiger charge is -2.58. The van der Waals surface area contributed by atoms with Crippen LogP contribution >= 0.6 is 0 Å². The Kier molecular flexibility index (Phi) is 6.11. The number of hydrogen-bond acceptors (Lipinski definition) is 1. The van der Waals surface area contributed by atoms with Crippen molar-refractivity contribution in [3.8, 4) is 0 Å². The summed E-state index contributed by atoms with van der Waals surface area (Å²) in [6.45, 7) is 14.1. The van der Waals surface area contributed by atoms with E-state index in [1.807, 2.05) is 0 Å². The molecule has 1 heteroatoms. The van der Waals surface area contributed by atoms with Gasteiger partial charge in [-0.05, 0) is 104 Å². The molecule has 4 aliphatic carbocycles. The van der Waals surface area contributed by atoms with Crippen LogP contribution in [0.25, 0.3) is 0 Å². The van der Waals surface area contributed by atoms with Crippen LogP contribution in [-0.2, 0) is 0 Å². The molecule has 1 nitrogen and oxygen atoms in total. The predicted molar refractivity (Wildman–Crippen MR) is 124 cm³/mol. The average molecular weight is 399 g/mol. The Morgan fingerprint density at radius 1 is 1.10 bits per heavy atom. The second kappa shape index (κ2) is 8.18. The largest absolute Gasteiger partial charge is 0.393 e. The van der Waals surface area contributed by atoms with Gasteiger partial charge in [-0.25, -0.2) is 0 Å². The summed E-state index contributed by atoms with van der Waals surface area (Å²) < 4.78 is 0. The Morgan fingerprint density at radius 2 is 1.90 bits per heavy atom. The Morgan fingerprint density at radius 3 is 2.66 bits per heavy atom. The van der Waals surface area contributed by atoms with Gasteiger partial charge in [-0.1, -0.05) is 58.3 Å². The summed E-state index contributed by atoms with van der Waals surface area (Å²) in [5.74, 6) is 5.17. The minimum Gasteiger partial charge on any atom is -0.393 e. The van der Waals surface area contributed by atoms with Crippen LogP contribution in [0.1, 0.15) is 98.3 Å². The van der Waals surface area contributed by atoms with Crippen LogP contribution in [0, 0.1) is 46.3 Å². The monoisotopic (exact) mass is 398 g/mol. The van der Waals surface area contributed by atoms with Crippen molar-refractivity contribution in [3.05, 3.63) is 24.3 Å². The summed E-state index contributed by atoms with van der Waals surface area (Å²) >= 11 is 0. The van der Waals surface area contributed by atoms with Crippen molar-refractivity contribution in [1.82, 2.24) is 0 Å². The Bertz CT molecular complexity index is 634. The molecule has 0 heterocycles. The molecule has 4 rings (SSSR count). The third-order valence-electron chi connectivity index (χ3n) is 10.6. The number of fused-ring (bicyclic) bond motifs is 5. The van der Waals surface area contributed by atoms with Crippen molar-refractivity contribution in [3.63, 3.8) is 0 Å². The smallest absolute Gasteiger partial charge is 0.0577 e. The van der Waals surface area contributed by atoms with E-state index in [0.29, 0.717) is 16.7 Å². The number of aliphatic hydroxyl groups is 1. The zero-order valence-electron chi connectivity index (χ0n) is 19.6. The Balaban J connectivity index is 1.46. The molecule has 0 aliphatic heterocycles. The van der Waals surface area contributed by atoms with Crippen LogP contribution in [0.4, 0.5) is 0 Å². The fourth-order valence-corrected chi connectivity index (χ4v) is 8.70. The molecule has 9 atom stereocenters. The molecule has 0 aromatic carbocycles. The van der Waals surface area contributed by atoms with E-state index in [4.69, 9.17) is 0 Å². The number of rotatable bonds is 6. The van der Waals surface area contributed by atoms with Gasteiger partial charge in [0, 0.05) is 0 Å². The summed E-state index contributed by atoms with van der Waals surface area (Å²) in [6, 6.07) is 0. The van der Waals surface area contributed by atoms with Crippen LogP contribution in [-0.4, -0.2) is 11.2 Å². The topological polar surface area (TPSA) is 20.2 Å². The van der Waals surface area contributed by atoms with Crippen LogP contribution in [0.15, 0.2) is 24.3 Å². The zero-order valence-corrected chi connectivity index (χ0v) is 19.6. The Hall–Kier alpha value is -0.560. The van der Waals surface area contributed by atoms with Gasteiger partial charge in [-0.15, -0.1) is 6.58 Å². The molecule has 0 bridgehead atoms. The van der Waals surface area contributed by atoms with Gasteiger partial charge in [0.15, 0.2) is 0 Å². The van der Waals surface area contributed by atoms with Crippen molar-refractivity contribution >= 4 is 0 Å². The first-order valence-corrected chi connectivity index (χ1v) is 12.8. The summed E-state index contributed by atoms with van der Waals surface area (Å²) in [5.41, 5.74) is 2.56. The highest BCUT2D eigenvalue weighted by Gasteiger charge is 2.59. The van der Waals surface area contributed by atoms with Gasteiger partial charge in [-0.2, -0.15) is 0 Å². The second-order valence-corrected chi connectivity index (χ2v) is 12.0. The summed E-state index contributed by atoms with van der Waals surface area (Å²) in [6.07, 6.45) is 19.0. The van der Waals surface area contributed by atoms with Crippen LogP contribution in [0.3, 0.4) is 0 Å². The lowest BCUT2D eigenvalue weighted by atomic mass is 9.47. The maximum absolute atomic E-state index is 10.2. The van der Waals surface area contributed by atoms with Crippen molar-refractivity contribution in [2.45, 2.75) is 104 Å². The minimum absolute atomic E-state index is 0.0831. The third kappa shape index (κ3) is 3.68. The van der Waals surface area contributed by atoms with Gasteiger partial charge >= 0.3 is 0 Å². The molecule has 1 N–H and O–H groups in total. The lowest BCUT2D eigenvalue weighted by Crippen LogP contribution is -2.50. The van der Waals surface area contributed by atoms with E-state index in [1.54, 1.807) is 5.57 Å². The normalized spacial score (nSPS) is 46.1. The molecule has 3 saturated carbocycles. The summed E-state index contributed by atoms with van der Waals surface area (Å²) in [4.78, 5) is 0. The molecule has 4 aliphatic rings. The minimum atomic E-state index is -0.0831. The summed E-state index contributed by atoms with van der Waals surface area (Å²) in [5, 5.41) is 10.2. The van der Waals surface area contributed by atoms with Crippen LogP contribution in [0.2, 0.25) is 0 Å². The molecule has 0 aromatic rings. The van der Waals surface area contributed by atoms with Crippen molar-refractivity contribution < 1.29 is 5.11 Å². The molecule has 164 valence electrons. The standard InChI is InChI=1S/C28H46O/c1-6-19(2)8-7-9-20(3)24-12-13-25-23-11-10-21-18-22(29)14-16-27(21,4)26(23)15-17-28(24,25)5/h6,10,19-20,22-26,29H,1,7-9,11-18H2,2-5H3/t19?,20-,22+,23+,24-,25+,26+,27+,28-/m1/s1. The molecule has 29 heavy (non-hydrogen) atoms. The molecule has 3 fully saturated rings. The van der Waals surface area contributed by atoms with E-state index >= 15 is 0 Å². The second-order valence-electron chi connectivity index (χ2n) is 12.0. The SMILES string of the molecule is C=CC(C)CCC[C@@H](C)[C@H]1CC[C@H]2[C@@H]3CC=C4C[C@@H](O)CC[C@]4(C)[C@H]3CC[C@]12C. The molecule has 0 aromatic heterocycles. The zero-order chi connectivity index (χ0) is 20.8. The highest BCUT2D eigenvalue weighted by atomic mass is 16.3. The first kappa shape index (κ1) is 21.7. The summed E-state index contributed by atoms with van der Waals surface area (Å²) in [7, 11) is 0. The lowest BCUT2D eigenvalue weighted by molar-refractivity contribution is -0.0572. The van der Waals surface area contributed by atoms with E-state index < -0.39 is 0 Å². The van der Waals surface area contributed by atoms with Crippen LogP contribution < -0.4 is 0 Å². The Labute approximate surface area is 180 Å². The maximum atomic E-state index is 10.2. The van der Waals surface area contributed by atoms with Gasteiger partial charge in [0.05, 0.1) is 6.10 Å². The van der Waals surface area contributed by atoms with Gasteiger partial charge in [0.25, 0.3) is 0 Å². The van der Waals surface area contributed by atoms with Gasteiger partial charge in [0.1, 0.15) is 0 Å². The van der Waals surface area contributed by atoms with E-state index in [-0.39, 0.29) is 6.10 Å². The maximum Gasteiger partial charge on any atom is 0.0577 e. The predicted octanol–water partition coefficient (Wildman–Crippen LogP) is 7.55. The number of aliphatic hydroxyl groups excluding tert-OH is 1. The quantitative estimate of drug-likeness (QED) is 0.458. The first-order chi connectivity index (χ1) is 13.8. The molecule has 0 saturated heterocycles. The average Bonchev–Trinajstić information content (AvgIpc) is 3.05. The van der Waals surface area contributed by atoms with Gasteiger partial charge in [-0.3, -0.25) is 0 Å².